The van der Waals surface area contributed by atoms with Crippen LogP contribution in [0.3, 0.4) is 0 Å². The summed E-state index contributed by atoms with van der Waals surface area (Å²) in [6.07, 6.45) is 3.78. The highest BCUT2D eigenvalue weighted by Gasteiger charge is 2.13. The van der Waals surface area contributed by atoms with Crippen LogP contribution < -0.4 is 0 Å². The normalized spacial score (nSPS) is 10.8. The second kappa shape index (κ2) is 7.11. The van der Waals surface area contributed by atoms with Gasteiger partial charge in [-0.25, -0.2) is 9.78 Å². The fourth-order valence-electron chi connectivity index (χ4n) is 2.39. The fourth-order valence-corrected chi connectivity index (χ4v) is 3.42. The van der Waals surface area contributed by atoms with Crippen molar-refractivity contribution in [2.45, 2.75) is 19.8 Å². The number of aromatic nitrogens is 2. The van der Waals surface area contributed by atoms with Crippen molar-refractivity contribution in [3.63, 3.8) is 0 Å². The zero-order chi connectivity index (χ0) is 17.1. The molecule has 0 aliphatic heterocycles. The summed E-state index contributed by atoms with van der Waals surface area (Å²) in [5.41, 5.74) is 3.63. The van der Waals surface area contributed by atoms with Crippen molar-refractivity contribution >= 4 is 28.9 Å². The molecule has 2 aromatic heterocycles. The first-order valence-electron chi connectivity index (χ1n) is 7.52. The third-order valence-corrected chi connectivity index (χ3v) is 4.79. The summed E-state index contributed by atoms with van der Waals surface area (Å²) in [7, 11) is 0. The summed E-state index contributed by atoms with van der Waals surface area (Å²) >= 11 is 7.44. The molecule has 122 valence electrons. The van der Waals surface area contributed by atoms with Crippen molar-refractivity contribution in [1.29, 1.82) is 0 Å². The van der Waals surface area contributed by atoms with E-state index in [0.717, 1.165) is 40.4 Å². The van der Waals surface area contributed by atoms with Gasteiger partial charge in [0.2, 0.25) is 0 Å². The highest BCUT2D eigenvalue weighted by molar-refractivity contribution is 7.13. The largest absolute Gasteiger partial charge is 0.478 e. The van der Waals surface area contributed by atoms with Crippen molar-refractivity contribution < 1.29 is 9.90 Å². The first-order valence-corrected chi connectivity index (χ1v) is 8.78. The molecule has 4 nitrogen and oxygen atoms in total. The number of halogens is 1. The minimum Gasteiger partial charge on any atom is -0.478 e. The molecule has 0 aliphatic rings. The number of hydrogen-bond donors (Lipinski definition) is 1. The molecule has 3 rings (SSSR count). The number of carbonyl (C=O) groups is 1. The Hall–Kier alpha value is -2.24. The van der Waals surface area contributed by atoms with Crippen molar-refractivity contribution in [1.82, 2.24) is 9.97 Å². The Morgan fingerprint density at radius 3 is 2.83 bits per heavy atom. The molecule has 3 aromatic rings. The Labute approximate surface area is 148 Å². The van der Waals surface area contributed by atoms with Crippen LogP contribution in [-0.4, -0.2) is 21.0 Å². The molecule has 1 N–H and O–H groups in total. The summed E-state index contributed by atoms with van der Waals surface area (Å²) in [6.45, 7) is 2.12. The Kier molecular flexibility index (Phi) is 4.92. The van der Waals surface area contributed by atoms with Gasteiger partial charge in [0.1, 0.15) is 5.01 Å². The van der Waals surface area contributed by atoms with Crippen LogP contribution in [0, 0.1) is 0 Å². The van der Waals surface area contributed by atoms with Gasteiger partial charge in [-0.2, -0.15) is 0 Å². The van der Waals surface area contributed by atoms with E-state index in [4.69, 9.17) is 11.6 Å². The second-order valence-corrected chi connectivity index (χ2v) is 6.59. The topological polar surface area (TPSA) is 63.1 Å². The van der Waals surface area contributed by atoms with E-state index >= 15 is 0 Å². The minimum absolute atomic E-state index is 0.0814. The summed E-state index contributed by atoms with van der Waals surface area (Å²) < 4.78 is 0. The van der Waals surface area contributed by atoms with Gasteiger partial charge >= 0.3 is 5.97 Å². The molecule has 0 amide bonds. The van der Waals surface area contributed by atoms with E-state index in [9.17, 15) is 9.90 Å². The van der Waals surface area contributed by atoms with Gasteiger partial charge < -0.3 is 5.11 Å². The van der Waals surface area contributed by atoms with Crippen LogP contribution in [-0.2, 0) is 6.42 Å². The van der Waals surface area contributed by atoms with Crippen LogP contribution in [0.2, 0.25) is 5.02 Å². The molecule has 6 heteroatoms. The van der Waals surface area contributed by atoms with Crippen LogP contribution >= 0.6 is 22.9 Å². The molecule has 0 atom stereocenters. The van der Waals surface area contributed by atoms with Gasteiger partial charge in [0.25, 0.3) is 0 Å². The molecule has 0 spiro atoms. The van der Waals surface area contributed by atoms with Gasteiger partial charge in [0.15, 0.2) is 0 Å². The van der Waals surface area contributed by atoms with E-state index in [-0.39, 0.29) is 10.6 Å². The predicted molar refractivity (Wildman–Crippen MR) is 96.7 cm³/mol. The van der Waals surface area contributed by atoms with Gasteiger partial charge in [-0.15, -0.1) is 11.3 Å². The average molecular weight is 359 g/mol. The molecule has 0 aliphatic carbocycles. The number of hydrogen-bond acceptors (Lipinski definition) is 4. The lowest BCUT2D eigenvalue weighted by Gasteiger charge is -2.02. The molecule has 0 saturated carbocycles. The molecule has 0 fully saturated rings. The van der Waals surface area contributed by atoms with Gasteiger partial charge in [0.05, 0.1) is 16.3 Å². The first-order chi connectivity index (χ1) is 11.6. The minimum atomic E-state index is -1.05. The van der Waals surface area contributed by atoms with Crippen LogP contribution in [0.4, 0.5) is 0 Å². The monoisotopic (exact) mass is 358 g/mol. The van der Waals surface area contributed by atoms with Crippen molar-refractivity contribution in [2.75, 3.05) is 0 Å². The number of benzene rings is 1. The zero-order valence-corrected chi connectivity index (χ0v) is 14.6. The molecule has 24 heavy (non-hydrogen) atoms. The summed E-state index contributed by atoms with van der Waals surface area (Å²) in [5, 5.41) is 12.2. The quantitative estimate of drug-likeness (QED) is 0.682. The van der Waals surface area contributed by atoms with E-state index in [0.29, 0.717) is 0 Å². The number of pyridine rings is 1. The summed E-state index contributed by atoms with van der Waals surface area (Å²) in [5.74, 6) is -1.05. The highest BCUT2D eigenvalue weighted by atomic mass is 35.5. The Bertz CT molecular complexity index is 892. The number of aryl methyl sites for hydroxylation is 1. The SMILES string of the molecule is CCCc1cc(-c2nc(-c3ccc(Cl)c(C(=O)O)c3)cs2)ccn1. The van der Waals surface area contributed by atoms with Crippen molar-refractivity contribution in [2.24, 2.45) is 0 Å². The molecule has 0 saturated heterocycles. The lowest BCUT2D eigenvalue weighted by molar-refractivity contribution is 0.0697. The molecular weight excluding hydrogens is 344 g/mol. The maximum Gasteiger partial charge on any atom is 0.337 e. The van der Waals surface area contributed by atoms with E-state index in [1.165, 1.54) is 11.3 Å². The van der Waals surface area contributed by atoms with Crippen LogP contribution in [0.5, 0.6) is 0 Å². The van der Waals surface area contributed by atoms with Gasteiger partial charge in [-0.1, -0.05) is 31.0 Å². The van der Waals surface area contributed by atoms with Gasteiger partial charge in [-0.3, -0.25) is 4.98 Å². The molecule has 0 unspecified atom stereocenters. The third-order valence-electron chi connectivity index (χ3n) is 3.57. The fraction of sp³-hybridized carbons (Fsp3) is 0.167. The van der Waals surface area contributed by atoms with Crippen LogP contribution in [0.1, 0.15) is 29.4 Å². The molecule has 1 aromatic carbocycles. The van der Waals surface area contributed by atoms with Gasteiger partial charge in [0, 0.05) is 28.4 Å². The second-order valence-electron chi connectivity index (χ2n) is 5.32. The molecule has 0 radical (unpaired) electrons. The van der Waals surface area contributed by atoms with E-state index < -0.39 is 5.97 Å². The number of rotatable bonds is 5. The van der Waals surface area contributed by atoms with E-state index in [1.807, 2.05) is 11.4 Å². The Balaban J connectivity index is 1.95. The van der Waals surface area contributed by atoms with Crippen molar-refractivity contribution in [3.8, 4) is 21.8 Å². The molecule has 0 bridgehead atoms. The smallest absolute Gasteiger partial charge is 0.337 e. The number of nitrogens with zero attached hydrogens (tertiary/aromatic N) is 2. The van der Waals surface area contributed by atoms with Gasteiger partial charge in [-0.05, 0) is 30.7 Å². The van der Waals surface area contributed by atoms with E-state index in [1.54, 1.807) is 24.4 Å². The summed E-state index contributed by atoms with van der Waals surface area (Å²) in [6, 6.07) is 8.91. The van der Waals surface area contributed by atoms with Crippen LogP contribution in [0.15, 0.2) is 41.9 Å². The number of aromatic carboxylic acids is 1. The number of thiazole rings is 1. The molecular formula is C18H15ClN2O2S. The first kappa shape index (κ1) is 16.6. The van der Waals surface area contributed by atoms with Crippen LogP contribution in [0.25, 0.3) is 21.8 Å². The average Bonchev–Trinajstić information content (AvgIpc) is 3.06. The number of carboxylic acids is 1. The Morgan fingerprint density at radius 1 is 1.25 bits per heavy atom. The zero-order valence-electron chi connectivity index (χ0n) is 13.0. The Morgan fingerprint density at radius 2 is 2.08 bits per heavy atom. The maximum atomic E-state index is 11.2. The molecule has 2 heterocycles. The number of carboxylic acid groups (broad SMARTS) is 1. The van der Waals surface area contributed by atoms with E-state index in [2.05, 4.69) is 23.0 Å². The lowest BCUT2D eigenvalue weighted by atomic mass is 10.1. The predicted octanol–water partition coefficient (Wildman–Crippen LogP) is 5.18. The maximum absolute atomic E-state index is 11.2. The standard InChI is InChI=1S/C18H15ClN2O2S/c1-2-3-13-8-12(6-7-20-13)17-21-16(10-24-17)11-4-5-15(19)14(9-11)18(22)23/h4-10H,2-3H2,1H3,(H,22,23). The highest BCUT2D eigenvalue weighted by Crippen LogP contribution is 2.31. The van der Waals surface area contributed by atoms with Crippen molar-refractivity contribution in [3.05, 3.63) is 58.2 Å². The third kappa shape index (κ3) is 3.47. The summed E-state index contributed by atoms with van der Waals surface area (Å²) in [4.78, 5) is 20.2. The lowest BCUT2D eigenvalue weighted by Crippen LogP contribution is -1.97.